The molecule has 3 aromatic rings. The van der Waals surface area contributed by atoms with Crippen molar-refractivity contribution in [3.63, 3.8) is 0 Å². The van der Waals surface area contributed by atoms with Gasteiger partial charge in [0.25, 0.3) is 0 Å². The number of anilines is 1. The summed E-state index contributed by atoms with van der Waals surface area (Å²) in [5.74, 6) is -0.996. The number of nitrogens with one attached hydrogen (secondary N) is 1. The minimum atomic E-state index is -4.45. The molecule has 0 spiro atoms. The predicted octanol–water partition coefficient (Wildman–Crippen LogP) is 4.42. The van der Waals surface area contributed by atoms with E-state index in [-0.39, 0.29) is 24.2 Å². The number of amides is 1. The van der Waals surface area contributed by atoms with Crippen molar-refractivity contribution >= 4 is 11.6 Å². The molecule has 1 aromatic heterocycles. The molecule has 0 bridgehead atoms. The van der Waals surface area contributed by atoms with Crippen LogP contribution in [0.15, 0.2) is 67.0 Å². The third kappa shape index (κ3) is 5.21. The fourth-order valence-corrected chi connectivity index (χ4v) is 5.17. The maximum atomic E-state index is 13.4. The number of piperazine rings is 1. The Hall–Kier alpha value is -3.46. The minimum absolute atomic E-state index is 0.187. The Kier molecular flexibility index (Phi) is 6.66. The summed E-state index contributed by atoms with van der Waals surface area (Å²) in [7, 11) is 0. The molecule has 2 aliphatic rings. The maximum Gasteiger partial charge on any atom is 0.416 e. The zero-order valence-corrected chi connectivity index (χ0v) is 19.5. The number of carbonyl (C=O) groups is 1. The lowest BCUT2D eigenvalue weighted by molar-refractivity contribution is -0.137. The van der Waals surface area contributed by atoms with Gasteiger partial charge in [-0.15, -0.1) is 0 Å². The summed E-state index contributed by atoms with van der Waals surface area (Å²) in [6.45, 7) is 2.76. The van der Waals surface area contributed by atoms with Crippen molar-refractivity contribution in [2.45, 2.75) is 31.7 Å². The van der Waals surface area contributed by atoms with Gasteiger partial charge in [0.05, 0.1) is 17.5 Å². The summed E-state index contributed by atoms with van der Waals surface area (Å²) in [6, 6.07) is 13.6. The van der Waals surface area contributed by atoms with Gasteiger partial charge in [-0.05, 0) is 65.6 Å². The normalized spacial score (nSPS) is 19.9. The van der Waals surface area contributed by atoms with Gasteiger partial charge in [-0.1, -0.05) is 12.1 Å². The fourth-order valence-electron chi connectivity index (χ4n) is 5.17. The number of hydrogen-bond acceptors (Lipinski definition) is 4. The van der Waals surface area contributed by atoms with E-state index in [0.717, 1.165) is 22.9 Å². The van der Waals surface area contributed by atoms with Crippen molar-refractivity contribution in [3.8, 4) is 0 Å². The smallest absolute Gasteiger partial charge is 0.365 e. The molecule has 1 saturated heterocycles. The van der Waals surface area contributed by atoms with E-state index in [1.165, 1.54) is 24.3 Å². The first-order chi connectivity index (χ1) is 17.3. The summed E-state index contributed by atoms with van der Waals surface area (Å²) in [6.07, 6.45) is -0.924. The lowest BCUT2D eigenvalue weighted by Gasteiger charge is -2.49. The highest BCUT2D eigenvalue weighted by Crippen LogP contribution is 2.40. The van der Waals surface area contributed by atoms with E-state index in [2.05, 4.69) is 20.1 Å². The molecule has 36 heavy (non-hydrogen) atoms. The van der Waals surface area contributed by atoms with E-state index < -0.39 is 17.7 Å². The number of carbonyl (C=O) groups excluding carboxylic acids is 1. The van der Waals surface area contributed by atoms with Gasteiger partial charge >= 0.3 is 6.18 Å². The number of fused-ring (bicyclic) bond motifs is 3. The number of aromatic nitrogens is 1. The average Bonchev–Trinajstić information content (AvgIpc) is 2.88. The van der Waals surface area contributed by atoms with Gasteiger partial charge in [-0.3, -0.25) is 14.7 Å². The molecule has 3 heterocycles. The fraction of sp³-hybridized carbons (Fsp3) is 0.333. The van der Waals surface area contributed by atoms with Gasteiger partial charge in [-0.25, -0.2) is 4.39 Å². The molecule has 5 rings (SSSR count). The Bertz CT molecular complexity index is 1220. The third-order valence-corrected chi connectivity index (χ3v) is 7.00. The molecule has 9 heteroatoms. The summed E-state index contributed by atoms with van der Waals surface area (Å²) in [5.41, 5.74) is 2.46. The van der Waals surface area contributed by atoms with Gasteiger partial charge in [0.1, 0.15) is 5.82 Å². The zero-order chi connectivity index (χ0) is 25.3. The summed E-state index contributed by atoms with van der Waals surface area (Å²) < 4.78 is 53.6. The van der Waals surface area contributed by atoms with Gasteiger partial charge in [0.15, 0.2) is 0 Å². The van der Waals surface area contributed by atoms with E-state index in [4.69, 9.17) is 0 Å². The molecule has 2 aliphatic heterocycles. The molecule has 0 aliphatic carbocycles. The second-order valence-electron chi connectivity index (χ2n) is 9.35. The topological polar surface area (TPSA) is 48.5 Å². The first kappa shape index (κ1) is 24.2. The third-order valence-electron chi connectivity index (χ3n) is 7.00. The van der Waals surface area contributed by atoms with Crippen molar-refractivity contribution in [1.82, 2.24) is 15.2 Å². The highest BCUT2D eigenvalue weighted by atomic mass is 19.4. The standard InChI is InChI=1S/C27H26F4N4O/c28-22-4-1-19(2-5-22)16-34-11-12-35-24-6-3-21(27(29,30)31)13-20(24)14-23(25(35)17-34)26(36)33-15-18-7-9-32-10-8-18/h1-10,13,23,25H,11-12,14-17H2,(H,33,36)/t23-,25-/m0/s1. The van der Waals surface area contributed by atoms with E-state index in [1.54, 1.807) is 24.5 Å². The molecule has 1 amide bonds. The largest absolute Gasteiger partial charge is 0.416 e. The molecule has 188 valence electrons. The lowest BCUT2D eigenvalue weighted by Crippen LogP contribution is -2.60. The number of alkyl halides is 3. The van der Waals surface area contributed by atoms with Gasteiger partial charge in [-0.2, -0.15) is 13.2 Å². The predicted molar refractivity (Wildman–Crippen MR) is 128 cm³/mol. The van der Waals surface area contributed by atoms with E-state index >= 15 is 0 Å². The van der Waals surface area contributed by atoms with Crippen LogP contribution >= 0.6 is 0 Å². The summed E-state index contributed by atoms with van der Waals surface area (Å²) in [5, 5.41) is 2.97. The van der Waals surface area contributed by atoms with Crippen molar-refractivity contribution in [3.05, 3.63) is 95.1 Å². The molecule has 0 saturated carbocycles. The summed E-state index contributed by atoms with van der Waals surface area (Å²) in [4.78, 5) is 21.7. The second kappa shape index (κ2) is 9.89. The quantitative estimate of drug-likeness (QED) is 0.530. The molecular formula is C27H26F4N4O. The number of hydrogen-bond donors (Lipinski definition) is 1. The van der Waals surface area contributed by atoms with Crippen LogP contribution in [0.2, 0.25) is 0 Å². The van der Waals surface area contributed by atoms with Crippen molar-refractivity contribution in [2.75, 3.05) is 24.5 Å². The van der Waals surface area contributed by atoms with Crippen LogP contribution in [0.4, 0.5) is 23.2 Å². The first-order valence-electron chi connectivity index (χ1n) is 11.9. The minimum Gasteiger partial charge on any atom is -0.365 e. The Labute approximate surface area is 206 Å². The molecular weight excluding hydrogens is 472 g/mol. The van der Waals surface area contributed by atoms with Crippen LogP contribution < -0.4 is 10.2 Å². The number of rotatable bonds is 5. The Morgan fingerprint density at radius 1 is 1.00 bits per heavy atom. The average molecular weight is 499 g/mol. The molecule has 0 radical (unpaired) electrons. The molecule has 1 fully saturated rings. The van der Waals surface area contributed by atoms with Crippen LogP contribution in [0.1, 0.15) is 22.3 Å². The highest BCUT2D eigenvalue weighted by molar-refractivity contribution is 5.82. The Morgan fingerprint density at radius 2 is 1.75 bits per heavy atom. The number of benzene rings is 2. The van der Waals surface area contributed by atoms with Crippen LogP contribution in [0.25, 0.3) is 0 Å². The number of pyridine rings is 1. The summed E-state index contributed by atoms with van der Waals surface area (Å²) >= 11 is 0. The van der Waals surface area contributed by atoms with E-state index in [1.807, 2.05) is 12.1 Å². The Balaban J connectivity index is 1.40. The molecule has 2 atom stereocenters. The van der Waals surface area contributed by atoms with Crippen molar-refractivity contribution in [1.29, 1.82) is 0 Å². The van der Waals surface area contributed by atoms with Crippen LogP contribution in [-0.2, 0) is 30.5 Å². The molecule has 0 unspecified atom stereocenters. The molecule has 2 aromatic carbocycles. The van der Waals surface area contributed by atoms with Crippen molar-refractivity contribution < 1.29 is 22.4 Å². The maximum absolute atomic E-state index is 13.4. The first-order valence-corrected chi connectivity index (χ1v) is 11.9. The number of nitrogens with zero attached hydrogens (tertiary/aromatic N) is 3. The van der Waals surface area contributed by atoms with Crippen LogP contribution in [0.5, 0.6) is 0 Å². The van der Waals surface area contributed by atoms with Crippen LogP contribution in [0, 0.1) is 11.7 Å². The van der Waals surface area contributed by atoms with Crippen LogP contribution in [-0.4, -0.2) is 41.5 Å². The monoisotopic (exact) mass is 498 g/mol. The van der Waals surface area contributed by atoms with Gasteiger partial charge in [0, 0.05) is 50.8 Å². The zero-order valence-electron chi connectivity index (χ0n) is 19.5. The number of halogens is 4. The van der Waals surface area contributed by atoms with Crippen LogP contribution in [0.3, 0.4) is 0 Å². The Morgan fingerprint density at radius 3 is 2.47 bits per heavy atom. The van der Waals surface area contributed by atoms with E-state index in [9.17, 15) is 22.4 Å². The lowest BCUT2D eigenvalue weighted by atomic mass is 9.82. The van der Waals surface area contributed by atoms with E-state index in [0.29, 0.717) is 38.3 Å². The second-order valence-corrected chi connectivity index (χ2v) is 9.35. The van der Waals surface area contributed by atoms with Gasteiger partial charge < -0.3 is 10.2 Å². The van der Waals surface area contributed by atoms with Crippen molar-refractivity contribution in [2.24, 2.45) is 5.92 Å². The highest BCUT2D eigenvalue weighted by Gasteiger charge is 2.42. The molecule has 5 nitrogen and oxygen atoms in total. The van der Waals surface area contributed by atoms with Gasteiger partial charge in [0.2, 0.25) is 5.91 Å². The SMILES string of the molecule is O=C(NCc1ccncc1)[C@H]1Cc2cc(C(F)(F)F)ccc2N2CCN(Cc3ccc(F)cc3)C[C@@H]12. The molecule has 1 N–H and O–H groups in total.